The second-order valence-corrected chi connectivity index (χ2v) is 7.81. The Labute approximate surface area is 155 Å². The summed E-state index contributed by atoms with van der Waals surface area (Å²) in [4.78, 5) is 0. The molecule has 0 aliphatic rings. The molecule has 26 heavy (non-hydrogen) atoms. The van der Waals surface area contributed by atoms with Gasteiger partial charge >= 0.3 is 8.80 Å². The summed E-state index contributed by atoms with van der Waals surface area (Å²) in [7, 11) is -3.22. The normalized spacial score (nSPS) is 11.3. The van der Waals surface area contributed by atoms with Gasteiger partial charge in [-0.25, -0.2) is 0 Å². The van der Waals surface area contributed by atoms with Crippen LogP contribution in [0.15, 0.2) is 103 Å². The van der Waals surface area contributed by atoms with Crippen molar-refractivity contribution in [3.05, 3.63) is 103 Å². The third kappa shape index (κ3) is 5.01. The van der Waals surface area contributed by atoms with Crippen molar-refractivity contribution in [3.63, 3.8) is 0 Å². The Hall–Kier alpha value is -2.98. The number of rotatable bonds is 8. The highest BCUT2D eigenvalue weighted by Gasteiger charge is 2.46. The number of allylic oxidation sites excluding steroid dienone is 1. The van der Waals surface area contributed by atoms with Crippen molar-refractivity contribution in [1.82, 2.24) is 0 Å². The first-order valence-corrected chi connectivity index (χ1v) is 10.5. The lowest BCUT2D eigenvalue weighted by molar-refractivity contribution is 0.279. The molecule has 0 fully saturated rings. The van der Waals surface area contributed by atoms with Crippen LogP contribution in [0.5, 0.6) is 17.2 Å². The van der Waals surface area contributed by atoms with E-state index in [-0.39, 0.29) is 0 Å². The van der Waals surface area contributed by atoms with Crippen molar-refractivity contribution in [2.45, 2.75) is 13.3 Å². The zero-order valence-corrected chi connectivity index (χ0v) is 15.7. The minimum atomic E-state index is -3.22. The largest absolute Gasteiger partial charge is 0.729 e. The summed E-state index contributed by atoms with van der Waals surface area (Å²) < 4.78 is 19.0. The quantitative estimate of drug-likeness (QED) is 0.483. The fourth-order valence-electron chi connectivity index (χ4n) is 2.39. The van der Waals surface area contributed by atoms with Gasteiger partial charge in [-0.2, -0.15) is 0 Å². The van der Waals surface area contributed by atoms with E-state index in [1.165, 1.54) is 0 Å². The first kappa shape index (κ1) is 17.8. The lowest BCUT2D eigenvalue weighted by atomic mass is 10.3. The maximum absolute atomic E-state index is 6.32. The predicted octanol–water partition coefficient (Wildman–Crippen LogP) is 5.67. The summed E-state index contributed by atoms with van der Waals surface area (Å²) in [5.41, 5.74) is 1.94. The molecule has 3 aromatic rings. The summed E-state index contributed by atoms with van der Waals surface area (Å²) in [5, 5.41) is 0. The van der Waals surface area contributed by atoms with Gasteiger partial charge in [-0.15, -0.1) is 0 Å². The average Bonchev–Trinajstić information content (AvgIpc) is 2.69. The number of benzene rings is 3. The fourth-order valence-corrected chi connectivity index (χ4v) is 4.63. The smallest absolute Gasteiger partial charge is 0.480 e. The molecule has 0 saturated carbocycles. The zero-order valence-electron chi connectivity index (χ0n) is 14.7. The van der Waals surface area contributed by atoms with Crippen molar-refractivity contribution in [2.24, 2.45) is 0 Å². The standard InChI is InChI=1S/C22H22O3Si/c1-2-3-19-26(23-20-13-7-4-8-14-20,24-21-15-9-5-10-16-21)25-22-17-11-6-12-18-22/h3-19H,2H2,1H3. The SMILES string of the molecule is CCC=C[Si](Oc1ccccc1)(Oc1ccccc1)Oc1ccccc1. The van der Waals surface area contributed by atoms with E-state index in [1.54, 1.807) is 0 Å². The Morgan fingerprint density at radius 2 is 0.962 bits per heavy atom. The molecule has 0 aliphatic heterocycles. The lowest BCUT2D eigenvalue weighted by Crippen LogP contribution is -2.53. The van der Waals surface area contributed by atoms with Crippen LogP contribution in [-0.4, -0.2) is 8.80 Å². The van der Waals surface area contributed by atoms with Crippen molar-refractivity contribution in [1.29, 1.82) is 0 Å². The van der Waals surface area contributed by atoms with Crippen LogP contribution < -0.4 is 13.3 Å². The highest BCUT2D eigenvalue weighted by atomic mass is 28.4. The van der Waals surface area contributed by atoms with Gasteiger partial charge in [-0.1, -0.05) is 67.6 Å². The summed E-state index contributed by atoms with van der Waals surface area (Å²) in [6, 6.07) is 28.9. The molecule has 0 aliphatic carbocycles. The monoisotopic (exact) mass is 362 g/mol. The molecule has 0 atom stereocenters. The first-order chi connectivity index (χ1) is 12.8. The molecule has 0 unspecified atom stereocenters. The van der Waals surface area contributed by atoms with E-state index in [1.807, 2.05) is 103 Å². The molecule has 0 amide bonds. The Morgan fingerprint density at radius 1 is 0.615 bits per heavy atom. The van der Waals surface area contributed by atoms with Crippen LogP contribution in [0.4, 0.5) is 0 Å². The van der Waals surface area contributed by atoms with Crippen LogP contribution in [-0.2, 0) is 0 Å². The summed E-state index contributed by atoms with van der Waals surface area (Å²) in [6.07, 6.45) is 2.89. The molecule has 3 rings (SSSR count). The molecule has 3 aromatic carbocycles. The van der Waals surface area contributed by atoms with Gasteiger partial charge in [0.15, 0.2) is 0 Å². The molecular formula is C22H22O3Si. The number of hydrogen-bond donors (Lipinski definition) is 0. The molecule has 0 N–H and O–H groups in total. The van der Waals surface area contributed by atoms with E-state index < -0.39 is 8.80 Å². The Morgan fingerprint density at radius 3 is 1.27 bits per heavy atom. The summed E-state index contributed by atoms with van der Waals surface area (Å²) in [5.74, 6) is 2.14. The Balaban J connectivity index is 1.98. The van der Waals surface area contributed by atoms with Gasteiger partial charge in [0.1, 0.15) is 17.2 Å². The molecule has 0 spiro atoms. The van der Waals surface area contributed by atoms with Gasteiger partial charge in [0.25, 0.3) is 0 Å². The molecule has 0 saturated heterocycles. The van der Waals surface area contributed by atoms with Crippen molar-refractivity contribution in [3.8, 4) is 17.2 Å². The third-order valence-electron chi connectivity index (χ3n) is 3.57. The van der Waals surface area contributed by atoms with Crippen molar-refractivity contribution < 1.29 is 13.3 Å². The second kappa shape index (κ2) is 8.92. The molecule has 3 nitrogen and oxygen atoms in total. The van der Waals surface area contributed by atoms with E-state index in [9.17, 15) is 0 Å². The van der Waals surface area contributed by atoms with Crippen LogP contribution in [0, 0.1) is 0 Å². The molecule has 4 heteroatoms. The molecule has 0 heterocycles. The lowest BCUT2D eigenvalue weighted by Gasteiger charge is -2.28. The summed E-state index contributed by atoms with van der Waals surface area (Å²) in [6.45, 7) is 2.07. The minimum absolute atomic E-state index is 0.715. The topological polar surface area (TPSA) is 27.7 Å². The molecule has 0 bridgehead atoms. The van der Waals surface area contributed by atoms with Crippen LogP contribution in [0.25, 0.3) is 0 Å². The minimum Gasteiger partial charge on any atom is -0.480 e. The highest BCUT2D eigenvalue weighted by molar-refractivity contribution is 6.68. The third-order valence-corrected chi connectivity index (χ3v) is 5.77. The van der Waals surface area contributed by atoms with Gasteiger partial charge in [0.2, 0.25) is 0 Å². The van der Waals surface area contributed by atoms with E-state index >= 15 is 0 Å². The predicted molar refractivity (Wildman–Crippen MR) is 106 cm³/mol. The Kier molecular flexibility index (Phi) is 6.12. The second-order valence-electron chi connectivity index (χ2n) is 5.66. The molecule has 0 radical (unpaired) electrons. The van der Waals surface area contributed by atoms with E-state index in [0.717, 1.165) is 6.42 Å². The number of para-hydroxylation sites is 3. The van der Waals surface area contributed by atoms with Crippen LogP contribution in [0.3, 0.4) is 0 Å². The van der Waals surface area contributed by atoms with Crippen LogP contribution >= 0.6 is 0 Å². The fraction of sp³-hybridized carbons (Fsp3) is 0.0909. The van der Waals surface area contributed by atoms with Crippen molar-refractivity contribution >= 4 is 8.80 Å². The Bertz CT molecular complexity index is 703. The molecular weight excluding hydrogens is 340 g/mol. The van der Waals surface area contributed by atoms with E-state index in [2.05, 4.69) is 6.92 Å². The van der Waals surface area contributed by atoms with Gasteiger partial charge in [-0.05, 0) is 42.8 Å². The van der Waals surface area contributed by atoms with Gasteiger partial charge in [-0.3, -0.25) is 0 Å². The van der Waals surface area contributed by atoms with Crippen molar-refractivity contribution in [2.75, 3.05) is 0 Å². The molecule has 132 valence electrons. The van der Waals surface area contributed by atoms with Gasteiger partial charge in [0, 0.05) is 5.70 Å². The highest BCUT2D eigenvalue weighted by Crippen LogP contribution is 2.25. The van der Waals surface area contributed by atoms with Gasteiger partial charge in [0.05, 0.1) is 0 Å². The summed E-state index contributed by atoms with van der Waals surface area (Å²) >= 11 is 0. The maximum atomic E-state index is 6.32. The zero-order chi connectivity index (χ0) is 18.1. The van der Waals surface area contributed by atoms with E-state index in [0.29, 0.717) is 17.2 Å². The number of hydrogen-bond acceptors (Lipinski definition) is 3. The maximum Gasteiger partial charge on any atom is 0.729 e. The first-order valence-electron chi connectivity index (χ1n) is 8.69. The van der Waals surface area contributed by atoms with Gasteiger partial charge < -0.3 is 13.3 Å². The average molecular weight is 363 g/mol. The molecule has 0 aromatic heterocycles. The van der Waals surface area contributed by atoms with Crippen LogP contribution in [0.1, 0.15) is 13.3 Å². The van der Waals surface area contributed by atoms with Crippen LogP contribution in [0.2, 0.25) is 0 Å². The van der Waals surface area contributed by atoms with E-state index in [4.69, 9.17) is 13.3 Å².